The SMILES string of the molecule is CC=Nc1cc(C(=S)N2CCCCC2)ccc1C.Cc1cccc(OC(F)F)c1. The van der Waals surface area contributed by atoms with Gasteiger partial charge in [-0.05, 0) is 69.4 Å². The Balaban J connectivity index is 0.000000234. The molecule has 1 aliphatic heterocycles. The van der Waals surface area contributed by atoms with Crippen molar-refractivity contribution in [1.29, 1.82) is 0 Å². The zero-order valence-electron chi connectivity index (χ0n) is 17.2. The molecule has 1 aliphatic rings. The molecule has 3 rings (SSSR count). The van der Waals surface area contributed by atoms with Crippen LogP contribution < -0.4 is 4.74 Å². The fourth-order valence-electron chi connectivity index (χ4n) is 3.09. The smallest absolute Gasteiger partial charge is 0.387 e. The molecule has 2 aromatic rings. The third-order valence-electron chi connectivity index (χ3n) is 4.58. The number of ether oxygens (including phenoxy) is 1. The van der Waals surface area contributed by atoms with Crippen LogP contribution in [0.1, 0.15) is 42.9 Å². The molecular weight excluding hydrogens is 390 g/mol. The molecule has 0 bridgehead atoms. The summed E-state index contributed by atoms with van der Waals surface area (Å²) in [5, 5.41) is 0. The third-order valence-corrected chi connectivity index (χ3v) is 5.08. The van der Waals surface area contributed by atoms with Crippen LogP contribution in [-0.2, 0) is 0 Å². The van der Waals surface area contributed by atoms with Crippen LogP contribution in [0.15, 0.2) is 47.5 Å². The quantitative estimate of drug-likeness (QED) is 0.420. The van der Waals surface area contributed by atoms with Crippen molar-refractivity contribution in [2.75, 3.05) is 13.1 Å². The Morgan fingerprint density at radius 3 is 2.45 bits per heavy atom. The van der Waals surface area contributed by atoms with E-state index in [4.69, 9.17) is 12.2 Å². The number of likely N-dealkylation sites (tertiary alicyclic amines) is 1. The standard InChI is InChI=1S/C15H20N2S.C8H8F2O/c1-3-16-14-11-13(8-7-12(14)2)15(18)17-9-5-4-6-10-17;1-6-3-2-4-7(5-6)11-8(9)10/h3,7-8,11H,4-6,9-10H2,1-2H3;2-5,8H,1H3. The van der Waals surface area contributed by atoms with Crippen molar-refractivity contribution in [1.82, 2.24) is 4.90 Å². The first-order chi connectivity index (χ1) is 13.9. The maximum Gasteiger partial charge on any atom is 0.387 e. The van der Waals surface area contributed by atoms with Crippen molar-refractivity contribution in [3.63, 3.8) is 0 Å². The highest BCUT2D eigenvalue weighted by Gasteiger charge is 2.15. The van der Waals surface area contributed by atoms with Gasteiger partial charge in [0, 0.05) is 24.9 Å². The van der Waals surface area contributed by atoms with E-state index in [9.17, 15) is 8.78 Å². The van der Waals surface area contributed by atoms with Crippen LogP contribution in [0.4, 0.5) is 14.5 Å². The first kappa shape index (κ1) is 22.9. The van der Waals surface area contributed by atoms with Gasteiger partial charge in [-0.3, -0.25) is 4.99 Å². The first-order valence-corrected chi connectivity index (χ1v) is 10.2. The normalized spacial score (nSPS) is 13.9. The highest BCUT2D eigenvalue weighted by molar-refractivity contribution is 7.80. The van der Waals surface area contributed by atoms with Crippen LogP contribution in [0, 0.1) is 13.8 Å². The number of halogens is 2. The Labute approximate surface area is 177 Å². The molecule has 0 unspecified atom stereocenters. The fourth-order valence-corrected chi connectivity index (χ4v) is 3.40. The van der Waals surface area contributed by atoms with Gasteiger partial charge in [0.1, 0.15) is 10.7 Å². The van der Waals surface area contributed by atoms with Crippen molar-refractivity contribution < 1.29 is 13.5 Å². The summed E-state index contributed by atoms with van der Waals surface area (Å²) in [4.78, 5) is 7.69. The number of thiocarbonyl (C=S) groups is 1. The van der Waals surface area contributed by atoms with Crippen LogP contribution in [0.3, 0.4) is 0 Å². The van der Waals surface area contributed by atoms with E-state index in [0.717, 1.165) is 34.9 Å². The molecule has 156 valence electrons. The Hall–Kier alpha value is -2.34. The van der Waals surface area contributed by atoms with E-state index in [0.29, 0.717) is 0 Å². The van der Waals surface area contributed by atoms with Gasteiger partial charge in [-0.1, -0.05) is 36.5 Å². The van der Waals surface area contributed by atoms with Gasteiger partial charge in [-0.25, -0.2) is 0 Å². The Kier molecular flexibility index (Phi) is 9.19. The lowest BCUT2D eigenvalue weighted by Gasteiger charge is -2.29. The number of piperidine rings is 1. The van der Waals surface area contributed by atoms with E-state index < -0.39 is 6.61 Å². The van der Waals surface area contributed by atoms with Crippen molar-refractivity contribution >= 4 is 29.1 Å². The van der Waals surface area contributed by atoms with Gasteiger partial charge in [0.25, 0.3) is 0 Å². The number of hydrogen-bond acceptors (Lipinski definition) is 3. The molecule has 0 aromatic heterocycles. The average Bonchev–Trinajstić information content (AvgIpc) is 2.70. The molecular formula is C23H28F2N2OS. The lowest BCUT2D eigenvalue weighted by Crippen LogP contribution is -2.34. The predicted octanol–water partition coefficient (Wildman–Crippen LogP) is 6.48. The zero-order chi connectivity index (χ0) is 21.2. The first-order valence-electron chi connectivity index (χ1n) is 9.81. The number of rotatable bonds is 4. The molecule has 2 aromatic carbocycles. The minimum absolute atomic E-state index is 0.208. The minimum atomic E-state index is -2.74. The van der Waals surface area contributed by atoms with Crippen LogP contribution in [0.2, 0.25) is 0 Å². The molecule has 6 heteroatoms. The van der Waals surface area contributed by atoms with Crippen molar-refractivity contribution in [2.24, 2.45) is 4.99 Å². The molecule has 0 aliphatic carbocycles. The summed E-state index contributed by atoms with van der Waals surface area (Å²) in [5.41, 5.74) is 4.24. The van der Waals surface area contributed by atoms with Gasteiger partial charge >= 0.3 is 6.61 Å². The molecule has 29 heavy (non-hydrogen) atoms. The van der Waals surface area contributed by atoms with E-state index in [-0.39, 0.29) is 5.75 Å². The fraction of sp³-hybridized carbons (Fsp3) is 0.391. The number of hydrogen-bond donors (Lipinski definition) is 0. The molecule has 0 radical (unpaired) electrons. The monoisotopic (exact) mass is 418 g/mol. The Morgan fingerprint density at radius 1 is 1.10 bits per heavy atom. The average molecular weight is 419 g/mol. The van der Waals surface area contributed by atoms with Gasteiger partial charge in [-0.2, -0.15) is 8.78 Å². The molecule has 1 saturated heterocycles. The van der Waals surface area contributed by atoms with E-state index in [1.165, 1.54) is 30.9 Å². The summed E-state index contributed by atoms with van der Waals surface area (Å²) in [6.07, 6.45) is 5.67. The third kappa shape index (κ3) is 7.54. The van der Waals surface area contributed by atoms with Crippen molar-refractivity contribution in [3.05, 3.63) is 59.2 Å². The van der Waals surface area contributed by atoms with Gasteiger partial charge in [0.05, 0.1) is 5.69 Å². The Morgan fingerprint density at radius 2 is 1.83 bits per heavy atom. The summed E-state index contributed by atoms with van der Waals surface area (Å²) < 4.78 is 27.4. The van der Waals surface area contributed by atoms with Crippen LogP contribution in [0.25, 0.3) is 0 Å². The van der Waals surface area contributed by atoms with Crippen LogP contribution >= 0.6 is 12.2 Å². The number of alkyl halides is 2. The maximum atomic E-state index is 11.6. The molecule has 0 N–H and O–H groups in total. The summed E-state index contributed by atoms with van der Waals surface area (Å²) in [6, 6.07) is 12.9. The molecule has 1 heterocycles. The highest BCUT2D eigenvalue weighted by Crippen LogP contribution is 2.22. The number of benzene rings is 2. The molecule has 1 fully saturated rings. The minimum Gasteiger partial charge on any atom is -0.435 e. The van der Waals surface area contributed by atoms with Crippen LogP contribution in [-0.4, -0.2) is 35.8 Å². The maximum absolute atomic E-state index is 11.6. The van der Waals surface area contributed by atoms with E-state index in [1.54, 1.807) is 12.1 Å². The lowest BCUT2D eigenvalue weighted by molar-refractivity contribution is -0.0498. The number of aryl methyl sites for hydroxylation is 2. The summed E-state index contributed by atoms with van der Waals surface area (Å²) in [5.74, 6) is 0.208. The summed E-state index contributed by atoms with van der Waals surface area (Å²) >= 11 is 5.60. The molecule has 0 amide bonds. The molecule has 0 saturated carbocycles. The van der Waals surface area contributed by atoms with Crippen molar-refractivity contribution in [2.45, 2.75) is 46.6 Å². The topological polar surface area (TPSA) is 24.8 Å². The van der Waals surface area contributed by atoms with Gasteiger partial charge < -0.3 is 9.64 Å². The zero-order valence-corrected chi connectivity index (χ0v) is 18.0. The van der Waals surface area contributed by atoms with E-state index in [1.807, 2.05) is 26.1 Å². The Bertz CT molecular complexity index is 833. The number of aliphatic imine (C=N–C) groups is 1. The molecule has 0 spiro atoms. The predicted molar refractivity (Wildman–Crippen MR) is 120 cm³/mol. The summed E-state index contributed by atoms with van der Waals surface area (Å²) in [6.45, 7) is 5.29. The van der Waals surface area contributed by atoms with Gasteiger partial charge in [-0.15, -0.1) is 0 Å². The summed E-state index contributed by atoms with van der Waals surface area (Å²) in [7, 11) is 0. The van der Waals surface area contributed by atoms with Gasteiger partial charge in [0.15, 0.2) is 0 Å². The van der Waals surface area contributed by atoms with Crippen LogP contribution in [0.5, 0.6) is 5.75 Å². The van der Waals surface area contributed by atoms with Crippen molar-refractivity contribution in [3.8, 4) is 5.75 Å². The van der Waals surface area contributed by atoms with Gasteiger partial charge in [0.2, 0.25) is 0 Å². The number of nitrogens with zero attached hydrogens (tertiary/aromatic N) is 2. The second-order valence-corrected chi connectivity index (χ2v) is 7.32. The molecule has 3 nitrogen and oxygen atoms in total. The van der Waals surface area contributed by atoms with E-state index in [2.05, 4.69) is 39.8 Å². The second-order valence-electron chi connectivity index (χ2n) is 6.94. The molecule has 0 atom stereocenters. The largest absolute Gasteiger partial charge is 0.435 e. The highest BCUT2D eigenvalue weighted by atomic mass is 32.1. The second kappa shape index (κ2) is 11.6. The lowest BCUT2D eigenvalue weighted by atomic mass is 10.1. The van der Waals surface area contributed by atoms with E-state index >= 15 is 0 Å².